The first kappa shape index (κ1) is 30.8. The molecular formula is C29H40ClN3O5S. The van der Waals surface area contributed by atoms with Crippen LogP contribution in [0.5, 0.6) is 5.75 Å². The first-order chi connectivity index (χ1) is 18.6. The predicted octanol–water partition coefficient (Wildman–Crippen LogP) is 5.15. The molecule has 0 bridgehead atoms. The van der Waals surface area contributed by atoms with E-state index in [1.54, 1.807) is 35.2 Å². The summed E-state index contributed by atoms with van der Waals surface area (Å²) in [5.74, 6) is 0.280. The van der Waals surface area contributed by atoms with Crippen LogP contribution in [0.1, 0.15) is 64.4 Å². The number of halogens is 1. The lowest BCUT2D eigenvalue weighted by molar-refractivity contribution is -0.141. The van der Waals surface area contributed by atoms with Crippen LogP contribution in [0.2, 0.25) is 5.02 Å². The number of nitrogens with zero attached hydrogens (tertiary/aromatic N) is 2. The maximum Gasteiger partial charge on any atom is 0.243 e. The Bertz CT molecular complexity index is 1200. The highest BCUT2D eigenvalue weighted by molar-refractivity contribution is 7.92. The molecule has 2 amide bonds. The van der Waals surface area contributed by atoms with Gasteiger partial charge in [0.05, 0.1) is 18.6 Å². The fourth-order valence-corrected chi connectivity index (χ4v) is 6.14. The average Bonchev–Trinajstić information content (AvgIpc) is 3.40. The molecule has 1 fully saturated rings. The molecule has 1 unspecified atom stereocenters. The quantitative estimate of drug-likeness (QED) is 0.335. The number of anilines is 1. The second kappa shape index (κ2) is 14.6. The molecule has 214 valence electrons. The van der Waals surface area contributed by atoms with Gasteiger partial charge in [-0.2, -0.15) is 0 Å². The van der Waals surface area contributed by atoms with E-state index in [0.717, 1.165) is 37.5 Å². The zero-order valence-corrected chi connectivity index (χ0v) is 24.6. The summed E-state index contributed by atoms with van der Waals surface area (Å²) in [6, 6.07) is 13.6. The number of nitrogens with one attached hydrogen (secondary N) is 1. The number of amides is 2. The minimum Gasteiger partial charge on any atom is -0.494 e. The highest BCUT2D eigenvalue weighted by atomic mass is 35.5. The van der Waals surface area contributed by atoms with Crippen LogP contribution < -0.4 is 14.4 Å². The molecule has 0 aliphatic heterocycles. The Hall–Kier alpha value is -2.78. The minimum absolute atomic E-state index is 0.0840. The molecule has 1 saturated carbocycles. The van der Waals surface area contributed by atoms with E-state index in [-0.39, 0.29) is 37.4 Å². The van der Waals surface area contributed by atoms with Crippen molar-refractivity contribution in [3.05, 3.63) is 59.1 Å². The van der Waals surface area contributed by atoms with E-state index in [1.807, 2.05) is 32.0 Å². The Balaban J connectivity index is 1.75. The number of hydrogen-bond donors (Lipinski definition) is 1. The summed E-state index contributed by atoms with van der Waals surface area (Å²) in [6.07, 6.45) is 6.07. The molecule has 10 heteroatoms. The van der Waals surface area contributed by atoms with Crippen LogP contribution in [0.15, 0.2) is 48.5 Å². The van der Waals surface area contributed by atoms with Crippen molar-refractivity contribution in [3.63, 3.8) is 0 Å². The average molecular weight is 578 g/mol. The van der Waals surface area contributed by atoms with Crippen molar-refractivity contribution >= 4 is 39.1 Å². The molecule has 2 aromatic carbocycles. The van der Waals surface area contributed by atoms with Gasteiger partial charge in [-0.15, -0.1) is 0 Å². The first-order valence-corrected chi connectivity index (χ1v) is 15.9. The Morgan fingerprint density at radius 2 is 1.74 bits per heavy atom. The van der Waals surface area contributed by atoms with Gasteiger partial charge in [-0.3, -0.25) is 13.9 Å². The first-order valence-electron chi connectivity index (χ1n) is 13.7. The van der Waals surface area contributed by atoms with E-state index in [9.17, 15) is 18.0 Å². The van der Waals surface area contributed by atoms with Crippen molar-refractivity contribution in [2.75, 3.05) is 23.7 Å². The second-order valence-electron chi connectivity index (χ2n) is 9.89. The molecule has 8 nitrogen and oxygen atoms in total. The highest BCUT2D eigenvalue weighted by Crippen LogP contribution is 2.24. The monoisotopic (exact) mass is 577 g/mol. The number of benzene rings is 2. The van der Waals surface area contributed by atoms with Gasteiger partial charge >= 0.3 is 0 Å². The number of carbonyl (C=O) groups excluding carboxylic acids is 2. The number of rotatable bonds is 14. The van der Waals surface area contributed by atoms with Crippen molar-refractivity contribution < 1.29 is 22.7 Å². The lowest BCUT2D eigenvalue weighted by atomic mass is 10.1. The smallest absolute Gasteiger partial charge is 0.243 e. The van der Waals surface area contributed by atoms with Gasteiger partial charge in [0.2, 0.25) is 21.8 Å². The zero-order valence-electron chi connectivity index (χ0n) is 23.1. The number of hydrogen-bond acceptors (Lipinski definition) is 5. The summed E-state index contributed by atoms with van der Waals surface area (Å²) >= 11 is 6.41. The molecule has 2 aromatic rings. The number of sulfonamides is 1. The molecule has 0 saturated heterocycles. The third kappa shape index (κ3) is 8.86. The molecule has 0 aromatic heterocycles. The van der Waals surface area contributed by atoms with Crippen LogP contribution in [0.4, 0.5) is 5.69 Å². The Kier molecular flexibility index (Phi) is 11.5. The largest absolute Gasteiger partial charge is 0.494 e. The van der Waals surface area contributed by atoms with E-state index in [1.165, 1.54) is 4.31 Å². The van der Waals surface area contributed by atoms with Crippen molar-refractivity contribution in [2.45, 2.75) is 77.4 Å². The molecule has 0 heterocycles. The van der Waals surface area contributed by atoms with Crippen molar-refractivity contribution in [1.29, 1.82) is 0 Å². The minimum atomic E-state index is -3.58. The van der Waals surface area contributed by atoms with Gasteiger partial charge in [-0.25, -0.2) is 8.42 Å². The second-order valence-corrected chi connectivity index (χ2v) is 12.2. The molecule has 0 spiro atoms. The van der Waals surface area contributed by atoms with Gasteiger partial charge in [0.15, 0.2) is 0 Å². The molecule has 39 heavy (non-hydrogen) atoms. The summed E-state index contributed by atoms with van der Waals surface area (Å²) in [6.45, 7) is 4.61. The van der Waals surface area contributed by atoms with E-state index in [2.05, 4.69) is 5.32 Å². The zero-order chi connectivity index (χ0) is 28.4. The molecule has 0 radical (unpaired) electrons. The van der Waals surface area contributed by atoms with Crippen LogP contribution in [-0.2, 0) is 26.2 Å². The van der Waals surface area contributed by atoms with E-state index < -0.39 is 16.1 Å². The molecule has 1 aliphatic rings. The molecule has 1 N–H and O–H groups in total. The van der Waals surface area contributed by atoms with Crippen LogP contribution >= 0.6 is 11.6 Å². The molecular weight excluding hydrogens is 538 g/mol. The fraction of sp³-hybridized carbons (Fsp3) is 0.517. The SMILES string of the molecule is CCOc1ccc(N(CCCC(=O)N(Cc2ccccc2Cl)C(CC)C(=O)NC2CCCC2)S(C)(=O)=O)cc1. The fourth-order valence-electron chi connectivity index (χ4n) is 4.98. The normalized spacial score (nSPS) is 14.6. The van der Waals surface area contributed by atoms with Crippen molar-refractivity contribution in [2.24, 2.45) is 0 Å². The van der Waals surface area contributed by atoms with Crippen LogP contribution in [0.25, 0.3) is 0 Å². The Morgan fingerprint density at radius 3 is 2.33 bits per heavy atom. The number of ether oxygens (including phenoxy) is 1. The van der Waals surface area contributed by atoms with Crippen molar-refractivity contribution in [3.8, 4) is 5.75 Å². The molecule has 1 atom stereocenters. The van der Waals surface area contributed by atoms with Gasteiger partial charge in [-0.05, 0) is 68.5 Å². The predicted molar refractivity (Wildman–Crippen MR) is 156 cm³/mol. The van der Waals surface area contributed by atoms with Gasteiger partial charge in [0, 0.05) is 30.6 Å². The summed E-state index contributed by atoms with van der Waals surface area (Å²) in [5, 5.41) is 3.66. The van der Waals surface area contributed by atoms with Gasteiger partial charge in [0.25, 0.3) is 0 Å². The third-order valence-electron chi connectivity index (χ3n) is 6.97. The lowest BCUT2D eigenvalue weighted by Gasteiger charge is -2.32. The Labute approximate surface area is 237 Å². The standard InChI is InChI=1S/C29H40ClN3O5S/c1-4-27(29(35)31-23-12-7-8-13-23)32(21-22-11-6-9-14-26(22)30)28(34)15-10-20-33(39(3,36)37)24-16-18-25(19-17-24)38-5-2/h6,9,11,14,16-19,23,27H,4-5,7-8,10,12-13,15,20-21H2,1-3H3,(H,31,35). The van der Waals surface area contributed by atoms with Crippen LogP contribution in [-0.4, -0.2) is 56.6 Å². The van der Waals surface area contributed by atoms with Gasteiger partial charge < -0.3 is 15.0 Å². The maximum absolute atomic E-state index is 13.6. The van der Waals surface area contributed by atoms with Gasteiger partial charge in [-0.1, -0.05) is 49.6 Å². The Morgan fingerprint density at radius 1 is 1.08 bits per heavy atom. The topological polar surface area (TPSA) is 96.0 Å². The maximum atomic E-state index is 13.6. The van der Waals surface area contributed by atoms with Crippen LogP contribution in [0.3, 0.4) is 0 Å². The lowest BCUT2D eigenvalue weighted by Crippen LogP contribution is -2.51. The summed E-state index contributed by atoms with van der Waals surface area (Å²) in [7, 11) is -3.58. The summed E-state index contributed by atoms with van der Waals surface area (Å²) in [5.41, 5.74) is 1.26. The highest BCUT2D eigenvalue weighted by Gasteiger charge is 2.31. The summed E-state index contributed by atoms with van der Waals surface area (Å²) < 4.78 is 31.9. The van der Waals surface area contributed by atoms with Crippen molar-refractivity contribution in [1.82, 2.24) is 10.2 Å². The van der Waals surface area contributed by atoms with E-state index in [4.69, 9.17) is 16.3 Å². The molecule has 1 aliphatic carbocycles. The summed E-state index contributed by atoms with van der Waals surface area (Å²) in [4.78, 5) is 28.5. The van der Waals surface area contributed by atoms with Gasteiger partial charge in [0.1, 0.15) is 11.8 Å². The van der Waals surface area contributed by atoms with Crippen LogP contribution in [0, 0.1) is 0 Å². The molecule has 3 rings (SSSR count). The third-order valence-corrected chi connectivity index (χ3v) is 8.54. The number of carbonyl (C=O) groups is 2. The van der Waals surface area contributed by atoms with E-state index >= 15 is 0 Å². The van der Waals surface area contributed by atoms with E-state index in [0.29, 0.717) is 35.9 Å².